The molecule has 0 radical (unpaired) electrons. The summed E-state index contributed by atoms with van der Waals surface area (Å²) < 4.78 is 2.08. The fourth-order valence-corrected chi connectivity index (χ4v) is 4.49. The Labute approximate surface area is 154 Å². The van der Waals surface area contributed by atoms with Crippen molar-refractivity contribution in [1.82, 2.24) is 14.3 Å². The lowest BCUT2D eigenvalue weighted by Crippen LogP contribution is -2.28. The van der Waals surface area contributed by atoms with Gasteiger partial charge in [0, 0.05) is 23.0 Å². The van der Waals surface area contributed by atoms with Crippen molar-refractivity contribution in [2.45, 2.75) is 25.3 Å². The van der Waals surface area contributed by atoms with Crippen LogP contribution in [-0.2, 0) is 11.3 Å². The first kappa shape index (κ1) is 17.3. The van der Waals surface area contributed by atoms with E-state index in [1.165, 1.54) is 16.6 Å². The van der Waals surface area contributed by atoms with Gasteiger partial charge in [0.25, 0.3) is 0 Å². The number of nitrogens with zero attached hydrogens (tertiary/aromatic N) is 3. The van der Waals surface area contributed by atoms with Crippen LogP contribution in [0.5, 0.6) is 0 Å². The maximum Gasteiger partial charge on any atom is 0.233 e. The van der Waals surface area contributed by atoms with Crippen LogP contribution in [0.25, 0.3) is 4.96 Å². The third-order valence-corrected chi connectivity index (χ3v) is 6.14. The summed E-state index contributed by atoms with van der Waals surface area (Å²) in [6.45, 7) is 4.60. The van der Waals surface area contributed by atoms with Crippen LogP contribution in [-0.4, -0.2) is 33.0 Å². The zero-order valence-electron chi connectivity index (χ0n) is 13.7. The number of thiazole rings is 1. The molecule has 0 saturated heterocycles. The van der Waals surface area contributed by atoms with Crippen LogP contribution in [0.4, 0.5) is 0 Å². The maximum absolute atomic E-state index is 12.4. The summed E-state index contributed by atoms with van der Waals surface area (Å²) in [7, 11) is 1.83. The Morgan fingerprint density at radius 1 is 1.38 bits per heavy atom. The monoisotopic (exact) mass is 379 g/mol. The molecule has 0 fully saturated rings. The van der Waals surface area contributed by atoms with Crippen LogP contribution in [0, 0.1) is 13.8 Å². The Balaban J connectivity index is 1.67. The Morgan fingerprint density at radius 3 is 2.88 bits per heavy atom. The first-order valence-corrected chi connectivity index (χ1v) is 9.69. The first-order chi connectivity index (χ1) is 11.5. The quantitative estimate of drug-likeness (QED) is 0.616. The van der Waals surface area contributed by atoms with E-state index in [9.17, 15) is 4.79 Å². The van der Waals surface area contributed by atoms with Gasteiger partial charge in [-0.2, -0.15) is 0 Å². The van der Waals surface area contributed by atoms with Gasteiger partial charge in [-0.25, -0.2) is 4.98 Å². The third kappa shape index (κ3) is 3.61. The predicted molar refractivity (Wildman–Crippen MR) is 101 cm³/mol. The third-order valence-electron chi connectivity index (χ3n) is 3.74. The number of halogens is 1. The average Bonchev–Trinajstić information content (AvgIpc) is 3.03. The molecule has 0 spiro atoms. The Bertz CT molecular complexity index is 887. The van der Waals surface area contributed by atoms with Gasteiger partial charge in [-0.1, -0.05) is 23.7 Å². The van der Waals surface area contributed by atoms with E-state index in [0.29, 0.717) is 17.3 Å². The van der Waals surface area contributed by atoms with Crippen molar-refractivity contribution in [3.63, 3.8) is 0 Å². The Hall–Kier alpha value is -1.50. The van der Waals surface area contributed by atoms with Crippen molar-refractivity contribution in [2.75, 3.05) is 12.8 Å². The average molecular weight is 380 g/mol. The number of carbonyl (C=O) groups excluding carboxylic acids is 1. The van der Waals surface area contributed by atoms with Gasteiger partial charge in [-0.05, 0) is 26.0 Å². The van der Waals surface area contributed by atoms with Crippen molar-refractivity contribution in [3.05, 3.63) is 51.7 Å². The second-order valence-electron chi connectivity index (χ2n) is 5.61. The molecule has 1 aromatic carbocycles. The van der Waals surface area contributed by atoms with Crippen molar-refractivity contribution in [1.29, 1.82) is 0 Å². The molecule has 0 aliphatic carbocycles. The van der Waals surface area contributed by atoms with Crippen LogP contribution in [0.15, 0.2) is 35.4 Å². The number of carbonyl (C=O) groups is 1. The molecule has 0 saturated carbocycles. The second-order valence-corrected chi connectivity index (χ2v) is 8.24. The predicted octanol–water partition coefficient (Wildman–Crippen LogP) is 4.42. The van der Waals surface area contributed by atoms with Gasteiger partial charge < -0.3 is 4.90 Å². The number of rotatable bonds is 5. The summed E-state index contributed by atoms with van der Waals surface area (Å²) in [5.41, 5.74) is 2.03. The molecule has 0 atom stereocenters. The SMILES string of the molecule is Cc1cn2c(CN(C)C(=O)CSc3ccccc3Cl)c(C)nc2s1. The molecule has 0 unspecified atom stereocenters. The molecule has 3 rings (SSSR count). The van der Waals surface area contributed by atoms with E-state index < -0.39 is 0 Å². The number of imidazole rings is 1. The van der Waals surface area contributed by atoms with Crippen molar-refractivity contribution in [2.24, 2.45) is 0 Å². The normalized spacial score (nSPS) is 11.2. The van der Waals surface area contributed by atoms with E-state index in [1.807, 2.05) is 38.2 Å². The van der Waals surface area contributed by atoms with Gasteiger partial charge in [0.05, 0.1) is 28.7 Å². The molecule has 7 heteroatoms. The van der Waals surface area contributed by atoms with Crippen LogP contribution >= 0.6 is 34.7 Å². The summed E-state index contributed by atoms with van der Waals surface area (Å²) >= 11 is 9.26. The highest BCUT2D eigenvalue weighted by molar-refractivity contribution is 8.00. The maximum atomic E-state index is 12.4. The molecule has 0 N–H and O–H groups in total. The first-order valence-electron chi connectivity index (χ1n) is 7.51. The molecule has 2 aromatic heterocycles. The number of hydrogen-bond donors (Lipinski definition) is 0. The van der Waals surface area contributed by atoms with E-state index in [4.69, 9.17) is 11.6 Å². The molecule has 2 heterocycles. The van der Waals surface area contributed by atoms with E-state index in [-0.39, 0.29) is 5.91 Å². The zero-order chi connectivity index (χ0) is 17.3. The number of hydrogen-bond acceptors (Lipinski definition) is 4. The van der Waals surface area contributed by atoms with E-state index >= 15 is 0 Å². The van der Waals surface area contributed by atoms with E-state index in [0.717, 1.165) is 21.2 Å². The van der Waals surface area contributed by atoms with Crippen LogP contribution in [0.1, 0.15) is 16.3 Å². The van der Waals surface area contributed by atoms with Crippen molar-refractivity contribution in [3.8, 4) is 0 Å². The van der Waals surface area contributed by atoms with Crippen LogP contribution in [0.2, 0.25) is 5.02 Å². The van der Waals surface area contributed by atoms with E-state index in [2.05, 4.69) is 22.5 Å². The molecule has 1 amide bonds. The molecule has 3 aromatic rings. The molecular weight excluding hydrogens is 362 g/mol. The molecule has 0 bridgehead atoms. The topological polar surface area (TPSA) is 37.6 Å². The van der Waals surface area contributed by atoms with Gasteiger partial charge in [0.2, 0.25) is 5.91 Å². The highest BCUT2D eigenvalue weighted by atomic mass is 35.5. The molecule has 4 nitrogen and oxygen atoms in total. The number of fused-ring (bicyclic) bond motifs is 1. The van der Waals surface area contributed by atoms with Crippen LogP contribution in [0.3, 0.4) is 0 Å². The number of aryl methyl sites for hydroxylation is 2. The minimum Gasteiger partial charge on any atom is -0.339 e. The number of thioether (sulfide) groups is 1. The highest BCUT2D eigenvalue weighted by Gasteiger charge is 2.16. The summed E-state index contributed by atoms with van der Waals surface area (Å²) in [5, 5.41) is 0.681. The molecule has 0 aliphatic rings. The van der Waals surface area contributed by atoms with Gasteiger partial charge in [0.1, 0.15) is 0 Å². The number of aromatic nitrogens is 2. The highest BCUT2D eigenvalue weighted by Crippen LogP contribution is 2.27. The standard InChI is InChI=1S/C17H18ClN3OS2/c1-11-8-21-14(12(2)19-17(21)24-11)9-20(3)16(22)10-23-15-7-5-4-6-13(15)18/h4-8H,9-10H2,1-3H3. The number of amides is 1. The summed E-state index contributed by atoms with van der Waals surface area (Å²) in [6.07, 6.45) is 2.08. The lowest BCUT2D eigenvalue weighted by atomic mass is 10.3. The lowest BCUT2D eigenvalue weighted by Gasteiger charge is -2.17. The van der Waals surface area contributed by atoms with Gasteiger partial charge in [0.15, 0.2) is 4.96 Å². The lowest BCUT2D eigenvalue weighted by molar-refractivity contribution is -0.127. The van der Waals surface area contributed by atoms with E-state index in [1.54, 1.807) is 16.2 Å². The van der Waals surface area contributed by atoms with Crippen molar-refractivity contribution >= 4 is 45.6 Å². The van der Waals surface area contributed by atoms with Crippen molar-refractivity contribution < 1.29 is 4.79 Å². The fraction of sp³-hybridized carbons (Fsp3) is 0.294. The van der Waals surface area contributed by atoms with Crippen LogP contribution < -0.4 is 0 Å². The molecular formula is C17H18ClN3OS2. The summed E-state index contributed by atoms with van der Waals surface area (Å²) in [4.78, 5) is 21.9. The molecule has 24 heavy (non-hydrogen) atoms. The molecule has 0 aliphatic heterocycles. The second kappa shape index (κ2) is 7.17. The summed E-state index contributed by atoms with van der Waals surface area (Å²) in [5.74, 6) is 0.436. The minimum absolute atomic E-state index is 0.0706. The largest absolute Gasteiger partial charge is 0.339 e. The summed E-state index contributed by atoms with van der Waals surface area (Å²) in [6, 6.07) is 7.58. The van der Waals surface area contributed by atoms with Gasteiger partial charge >= 0.3 is 0 Å². The fourth-order valence-electron chi connectivity index (χ4n) is 2.42. The smallest absolute Gasteiger partial charge is 0.233 e. The zero-order valence-corrected chi connectivity index (χ0v) is 16.1. The Kier molecular flexibility index (Phi) is 5.18. The molecule has 126 valence electrons. The van der Waals surface area contributed by atoms with Gasteiger partial charge in [-0.15, -0.1) is 23.1 Å². The number of benzene rings is 1. The Morgan fingerprint density at radius 2 is 2.12 bits per heavy atom. The van der Waals surface area contributed by atoms with Gasteiger partial charge in [-0.3, -0.25) is 9.20 Å². The minimum atomic E-state index is 0.0706.